The molecule has 0 aromatic heterocycles. The van der Waals surface area contributed by atoms with Gasteiger partial charge in [0.15, 0.2) is 0 Å². The second kappa shape index (κ2) is 7.14. The third kappa shape index (κ3) is 5.36. The third-order valence-electron chi connectivity index (χ3n) is 1.40. The van der Waals surface area contributed by atoms with Crippen molar-refractivity contribution in [3.05, 3.63) is 0 Å². The average Bonchev–Trinajstić information content (AvgIpc) is 2.15. The number of alkyl carbamates (subject to hydrolysis) is 1. The first kappa shape index (κ1) is 12.7. The Labute approximate surface area is 82.6 Å². The molecule has 2 amide bonds. The van der Waals surface area contributed by atoms with Gasteiger partial charge in [0.25, 0.3) is 0 Å². The highest BCUT2D eigenvalue weighted by Gasteiger charge is 2.14. The van der Waals surface area contributed by atoms with E-state index in [4.69, 9.17) is 5.11 Å². The number of ether oxygens (including phenoxy) is 1. The Hall–Kier alpha value is -1.30. The predicted molar refractivity (Wildman–Crippen MR) is 49.7 cm³/mol. The van der Waals surface area contributed by atoms with Crippen LogP contribution < -0.4 is 10.6 Å². The summed E-state index contributed by atoms with van der Waals surface area (Å²) in [6.45, 7) is 3.54. The van der Waals surface area contributed by atoms with E-state index in [1.165, 1.54) is 0 Å². The molecule has 82 valence electrons. The fourth-order valence-electron chi connectivity index (χ4n) is 0.750. The van der Waals surface area contributed by atoms with E-state index in [0.29, 0.717) is 6.54 Å². The molecule has 14 heavy (non-hydrogen) atoms. The summed E-state index contributed by atoms with van der Waals surface area (Å²) in [6, 6.07) is -0.638. The molecule has 0 aliphatic rings. The molecule has 0 aromatic carbocycles. The van der Waals surface area contributed by atoms with Crippen LogP contribution in [0.1, 0.15) is 13.8 Å². The van der Waals surface area contributed by atoms with Crippen LogP contribution >= 0.6 is 0 Å². The van der Waals surface area contributed by atoms with Crippen molar-refractivity contribution in [3.63, 3.8) is 0 Å². The van der Waals surface area contributed by atoms with Gasteiger partial charge in [-0.3, -0.25) is 4.79 Å². The lowest BCUT2D eigenvalue weighted by atomic mass is 10.3. The van der Waals surface area contributed by atoms with E-state index in [1.807, 2.05) is 0 Å². The SMILES string of the molecule is CCNC(=O)C(C)NC(=O)OCCO. The molecule has 0 bridgehead atoms. The highest BCUT2D eigenvalue weighted by atomic mass is 16.6. The van der Waals surface area contributed by atoms with E-state index < -0.39 is 12.1 Å². The third-order valence-corrected chi connectivity index (χ3v) is 1.40. The molecule has 0 saturated heterocycles. The molecule has 3 N–H and O–H groups in total. The molecule has 0 aliphatic carbocycles. The maximum Gasteiger partial charge on any atom is 0.407 e. The number of rotatable bonds is 5. The molecule has 0 spiro atoms. The molecule has 6 heteroatoms. The molecule has 0 saturated carbocycles. The second-order valence-electron chi connectivity index (χ2n) is 2.62. The number of likely N-dealkylation sites (N-methyl/N-ethyl adjacent to an activating group) is 1. The molecule has 0 radical (unpaired) electrons. The van der Waals surface area contributed by atoms with Crippen LogP contribution in [-0.2, 0) is 9.53 Å². The zero-order chi connectivity index (χ0) is 11.0. The Morgan fingerprint density at radius 3 is 2.64 bits per heavy atom. The monoisotopic (exact) mass is 204 g/mol. The lowest BCUT2D eigenvalue weighted by Crippen LogP contribution is -2.45. The van der Waals surface area contributed by atoms with Crippen molar-refractivity contribution >= 4 is 12.0 Å². The zero-order valence-corrected chi connectivity index (χ0v) is 8.37. The quantitative estimate of drug-likeness (QED) is 0.548. The van der Waals surface area contributed by atoms with Gasteiger partial charge in [0.05, 0.1) is 6.61 Å². The van der Waals surface area contributed by atoms with Crippen LogP contribution in [0, 0.1) is 0 Å². The van der Waals surface area contributed by atoms with Crippen LogP contribution in [0.4, 0.5) is 4.79 Å². The van der Waals surface area contributed by atoms with Gasteiger partial charge in [0, 0.05) is 6.54 Å². The maximum absolute atomic E-state index is 11.1. The predicted octanol–water partition coefficient (Wildman–Crippen LogP) is -0.770. The first-order valence-electron chi connectivity index (χ1n) is 4.43. The lowest BCUT2D eigenvalue weighted by Gasteiger charge is -2.12. The lowest BCUT2D eigenvalue weighted by molar-refractivity contribution is -0.122. The van der Waals surface area contributed by atoms with Gasteiger partial charge in [-0.2, -0.15) is 0 Å². The Balaban J connectivity index is 3.75. The Bertz CT molecular complexity index is 196. The van der Waals surface area contributed by atoms with Crippen molar-refractivity contribution in [2.24, 2.45) is 0 Å². The smallest absolute Gasteiger partial charge is 0.407 e. The van der Waals surface area contributed by atoms with Crippen molar-refractivity contribution in [3.8, 4) is 0 Å². The largest absolute Gasteiger partial charge is 0.447 e. The van der Waals surface area contributed by atoms with Crippen LogP contribution in [0.5, 0.6) is 0 Å². The first-order chi connectivity index (χ1) is 6.61. The maximum atomic E-state index is 11.1. The van der Waals surface area contributed by atoms with Gasteiger partial charge in [0.2, 0.25) is 5.91 Å². The minimum atomic E-state index is -0.710. The molecule has 1 unspecified atom stereocenters. The number of hydrogen-bond donors (Lipinski definition) is 3. The van der Waals surface area contributed by atoms with Gasteiger partial charge >= 0.3 is 6.09 Å². The Morgan fingerprint density at radius 1 is 1.50 bits per heavy atom. The molecule has 0 heterocycles. The number of aliphatic hydroxyl groups excluding tert-OH is 1. The minimum absolute atomic E-state index is 0.0754. The molecule has 0 fully saturated rings. The summed E-state index contributed by atoms with van der Waals surface area (Å²) in [7, 11) is 0. The van der Waals surface area contributed by atoms with E-state index in [1.54, 1.807) is 13.8 Å². The van der Waals surface area contributed by atoms with Crippen LogP contribution in [-0.4, -0.2) is 42.9 Å². The molecule has 0 aliphatic heterocycles. The summed E-state index contributed by atoms with van der Waals surface area (Å²) in [5.41, 5.74) is 0. The highest BCUT2D eigenvalue weighted by molar-refractivity contribution is 5.85. The molecule has 1 atom stereocenters. The van der Waals surface area contributed by atoms with Crippen molar-refractivity contribution < 1.29 is 19.4 Å². The number of amides is 2. The van der Waals surface area contributed by atoms with E-state index in [9.17, 15) is 9.59 Å². The summed E-state index contributed by atoms with van der Waals surface area (Å²) in [4.78, 5) is 22.0. The van der Waals surface area contributed by atoms with Crippen molar-refractivity contribution in [2.75, 3.05) is 19.8 Å². The van der Waals surface area contributed by atoms with Crippen molar-refractivity contribution in [2.45, 2.75) is 19.9 Å². The van der Waals surface area contributed by atoms with Crippen LogP contribution in [0.3, 0.4) is 0 Å². The number of carbonyl (C=O) groups is 2. The van der Waals surface area contributed by atoms with Crippen LogP contribution in [0.25, 0.3) is 0 Å². The number of aliphatic hydroxyl groups is 1. The van der Waals surface area contributed by atoms with Crippen LogP contribution in [0.15, 0.2) is 0 Å². The topological polar surface area (TPSA) is 87.7 Å². The summed E-state index contributed by atoms with van der Waals surface area (Å²) < 4.78 is 4.51. The zero-order valence-electron chi connectivity index (χ0n) is 8.37. The van der Waals surface area contributed by atoms with Gasteiger partial charge < -0.3 is 20.5 Å². The summed E-state index contributed by atoms with van der Waals surface area (Å²) in [5, 5.41) is 13.2. The van der Waals surface area contributed by atoms with Crippen molar-refractivity contribution in [1.29, 1.82) is 0 Å². The minimum Gasteiger partial charge on any atom is -0.447 e. The Morgan fingerprint density at radius 2 is 2.14 bits per heavy atom. The molecule has 0 rings (SSSR count). The van der Waals surface area contributed by atoms with Gasteiger partial charge in [-0.15, -0.1) is 0 Å². The van der Waals surface area contributed by atoms with E-state index in [-0.39, 0.29) is 19.1 Å². The van der Waals surface area contributed by atoms with Gasteiger partial charge in [0.1, 0.15) is 12.6 Å². The fraction of sp³-hybridized carbons (Fsp3) is 0.750. The van der Waals surface area contributed by atoms with E-state index in [2.05, 4.69) is 15.4 Å². The standard InChI is InChI=1S/C8H16N2O4/c1-3-9-7(12)6(2)10-8(13)14-5-4-11/h6,11H,3-5H2,1-2H3,(H,9,12)(H,10,13). The van der Waals surface area contributed by atoms with Crippen molar-refractivity contribution in [1.82, 2.24) is 10.6 Å². The first-order valence-corrected chi connectivity index (χ1v) is 4.43. The van der Waals surface area contributed by atoms with Gasteiger partial charge in [-0.25, -0.2) is 4.79 Å². The van der Waals surface area contributed by atoms with Gasteiger partial charge in [-0.05, 0) is 13.8 Å². The number of nitrogens with one attached hydrogen (secondary N) is 2. The number of hydrogen-bond acceptors (Lipinski definition) is 4. The number of carbonyl (C=O) groups excluding carboxylic acids is 2. The average molecular weight is 204 g/mol. The fourth-order valence-corrected chi connectivity index (χ4v) is 0.750. The molecular formula is C8H16N2O4. The molecule has 0 aromatic rings. The molecular weight excluding hydrogens is 188 g/mol. The summed E-state index contributed by atoms with van der Waals surface area (Å²) in [5.74, 6) is -0.270. The summed E-state index contributed by atoms with van der Waals surface area (Å²) >= 11 is 0. The second-order valence-corrected chi connectivity index (χ2v) is 2.62. The normalized spacial score (nSPS) is 11.6. The molecule has 6 nitrogen and oxygen atoms in total. The summed E-state index contributed by atoms with van der Waals surface area (Å²) in [6.07, 6.45) is -0.710. The van der Waals surface area contributed by atoms with E-state index >= 15 is 0 Å². The van der Waals surface area contributed by atoms with Crippen LogP contribution in [0.2, 0.25) is 0 Å². The van der Waals surface area contributed by atoms with Gasteiger partial charge in [-0.1, -0.05) is 0 Å². The highest BCUT2D eigenvalue weighted by Crippen LogP contribution is 1.84. The van der Waals surface area contributed by atoms with E-state index in [0.717, 1.165) is 0 Å². The Kier molecular flexibility index (Phi) is 6.47.